The third-order valence-corrected chi connectivity index (χ3v) is 5.02. The van der Waals surface area contributed by atoms with Crippen LogP contribution in [0.5, 0.6) is 5.75 Å². The SMILES string of the molecule is COc1ccc(N2C(=O)[C@H](NC(C)=O)[C@H](c3ccccc3)N3CCN=C23)cc1. The number of methoxy groups -OCH3 is 1. The predicted octanol–water partition coefficient (Wildman–Crippen LogP) is 1.96. The fourth-order valence-corrected chi connectivity index (χ4v) is 3.82. The van der Waals surface area contributed by atoms with Crippen LogP contribution >= 0.6 is 0 Å². The number of rotatable bonds is 4. The maximum Gasteiger partial charge on any atom is 0.258 e. The molecule has 1 saturated heterocycles. The standard InChI is InChI=1S/C21H22N4O3/c1-14(26)23-18-19(15-6-4-3-5-7-15)24-13-12-22-21(24)25(20(18)27)16-8-10-17(28-2)11-9-16/h3-11,18-19H,12-13H2,1-2H3,(H,23,26)/t18-,19+/m1/s1. The minimum absolute atomic E-state index is 0.203. The van der Waals surface area contributed by atoms with Crippen molar-refractivity contribution in [3.63, 3.8) is 0 Å². The summed E-state index contributed by atoms with van der Waals surface area (Å²) < 4.78 is 5.22. The van der Waals surface area contributed by atoms with Crippen molar-refractivity contribution in [3.8, 4) is 5.75 Å². The molecule has 0 unspecified atom stereocenters. The van der Waals surface area contributed by atoms with E-state index < -0.39 is 6.04 Å². The fourth-order valence-electron chi connectivity index (χ4n) is 3.82. The molecule has 7 heteroatoms. The predicted molar refractivity (Wildman–Crippen MR) is 106 cm³/mol. The maximum absolute atomic E-state index is 13.5. The Bertz CT molecular complexity index is 911. The monoisotopic (exact) mass is 378 g/mol. The Balaban J connectivity index is 1.78. The van der Waals surface area contributed by atoms with Gasteiger partial charge in [0.1, 0.15) is 11.8 Å². The summed E-state index contributed by atoms with van der Waals surface area (Å²) in [6, 6.07) is 16.0. The van der Waals surface area contributed by atoms with Crippen LogP contribution in [0.15, 0.2) is 59.6 Å². The first-order valence-corrected chi connectivity index (χ1v) is 9.21. The number of amides is 2. The molecule has 1 fully saturated rings. The van der Waals surface area contributed by atoms with Crippen LogP contribution in [0.3, 0.4) is 0 Å². The second kappa shape index (κ2) is 7.34. The number of hydrogen-bond donors (Lipinski definition) is 1. The molecule has 2 aromatic carbocycles. The molecule has 0 saturated carbocycles. The number of hydrogen-bond acceptors (Lipinski definition) is 5. The van der Waals surface area contributed by atoms with Crippen molar-refractivity contribution in [1.82, 2.24) is 10.2 Å². The Labute approximate surface area is 163 Å². The zero-order chi connectivity index (χ0) is 19.7. The lowest BCUT2D eigenvalue weighted by Crippen LogP contribution is -2.64. The highest BCUT2D eigenvalue weighted by molar-refractivity contribution is 6.20. The Kier molecular flexibility index (Phi) is 4.73. The van der Waals surface area contributed by atoms with E-state index in [-0.39, 0.29) is 17.9 Å². The Hall–Kier alpha value is -3.35. The van der Waals surface area contributed by atoms with E-state index in [0.717, 1.165) is 5.56 Å². The topological polar surface area (TPSA) is 74.2 Å². The van der Waals surface area contributed by atoms with Crippen molar-refractivity contribution >= 4 is 23.5 Å². The number of carbonyl (C=O) groups excluding carboxylic acids is 2. The molecule has 2 aliphatic rings. The van der Waals surface area contributed by atoms with Crippen molar-refractivity contribution in [2.75, 3.05) is 25.1 Å². The summed E-state index contributed by atoms with van der Waals surface area (Å²) in [4.78, 5) is 33.7. The number of benzene rings is 2. The highest BCUT2D eigenvalue weighted by atomic mass is 16.5. The van der Waals surface area contributed by atoms with Crippen molar-refractivity contribution < 1.29 is 14.3 Å². The Morgan fingerprint density at radius 1 is 1.14 bits per heavy atom. The van der Waals surface area contributed by atoms with Crippen LogP contribution < -0.4 is 15.0 Å². The first-order valence-electron chi connectivity index (χ1n) is 9.21. The van der Waals surface area contributed by atoms with Crippen LogP contribution in [-0.2, 0) is 9.59 Å². The van der Waals surface area contributed by atoms with Gasteiger partial charge < -0.3 is 15.0 Å². The van der Waals surface area contributed by atoms with Crippen molar-refractivity contribution in [3.05, 3.63) is 60.2 Å². The third kappa shape index (κ3) is 3.09. The average Bonchev–Trinajstić information content (AvgIpc) is 3.18. The molecule has 2 atom stereocenters. The quantitative estimate of drug-likeness (QED) is 0.883. The normalized spacial score (nSPS) is 21.2. The van der Waals surface area contributed by atoms with Gasteiger partial charge in [0, 0.05) is 13.5 Å². The van der Waals surface area contributed by atoms with Gasteiger partial charge in [-0.3, -0.25) is 14.6 Å². The molecular formula is C21H22N4O3. The summed E-state index contributed by atoms with van der Waals surface area (Å²) in [5.41, 5.74) is 1.66. The van der Waals surface area contributed by atoms with Crippen molar-refractivity contribution in [1.29, 1.82) is 0 Å². The van der Waals surface area contributed by atoms with Crippen LogP contribution in [0.25, 0.3) is 0 Å². The van der Waals surface area contributed by atoms with Gasteiger partial charge in [0.15, 0.2) is 0 Å². The lowest BCUT2D eigenvalue weighted by atomic mass is 9.94. The molecular weight excluding hydrogens is 356 g/mol. The maximum atomic E-state index is 13.5. The minimum atomic E-state index is -0.709. The molecule has 0 spiro atoms. The molecule has 2 aromatic rings. The molecule has 4 rings (SSSR count). The van der Waals surface area contributed by atoms with Crippen LogP contribution in [0.1, 0.15) is 18.5 Å². The molecule has 28 heavy (non-hydrogen) atoms. The van der Waals surface area contributed by atoms with Crippen molar-refractivity contribution in [2.24, 2.45) is 4.99 Å². The lowest BCUT2D eigenvalue weighted by Gasteiger charge is -2.45. The number of anilines is 1. The van der Waals surface area contributed by atoms with E-state index in [1.165, 1.54) is 6.92 Å². The summed E-state index contributed by atoms with van der Waals surface area (Å²) in [6.45, 7) is 2.72. The number of carbonyl (C=O) groups is 2. The first kappa shape index (κ1) is 18.0. The van der Waals surface area contributed by atoms with Gasteiger partial charge in [0.25, 0.3) is 5.91 Å². The van der Waals surface area contributed by atoms with Crippen LogP contribution in [-0.4, -0.2) is 48.9 Å². The van der Waals surface area contributed by atoms with Gasteiger partial charge in [-0.25, -0.2) is 4.90 Å². The van der Waals surface area contributed by atoms with Crippen LogP contribution in [0.4, 0.5) is 5.69 Å². The molecule has 2 aliphatic heterocycles. The molecule has 0 aromatic heterocycles. The summed E-state index contributed by atoms with van der Waals surface area (Å²) in [5, 5.41) is 2.86. The molecule has 0 bridgehead atoms. The second-order valence-electron chi connectivity index (χ2n) is 6.78. The van der Waals surface area contributed by atoms with Crippen molar-refractivity contribution in [2.45, 2.75) is 19.0 Å². The molecule has 0 radical (unpaired) electrons. The number of guanidine groups is 1. The molecule has 2 amide bonds. The van der Waals surface area contributed by atoms with Gasteiger partial charge in [-0.1, -0.05) is 30.3 Å². The van der Waals surface area contributed by atoms with E-state index in [0.29, 0.717) is 30.5 Å². The highest BCUT2D eigenvalue weighted by Crippen LogP contribution is 2.35. The largest absolute Gasteiger partial charge is 0.497 e. The molecule has 1 N–H and O–H groups in total. The number of nitrogens with one attached hydrogen (secondary N) is 1. The highest BCUT2D eigenvalue weighted by Gasteiger charge is 2.48. The molecule has 0 aliphatic carbocycles. The van der Waals surface area contributed by atoms with Gasteiger partial charge in [-0.2, -0.15) is 0 Å². The minimum Gasteiger partial charge on any atom is -0.497 e. The summed E-state index contributed by atoms with van der Waals surface area (Å²) in [5.74, 6) is 0.879. The molecule has 2 heterocycles. The van der Waals surface area contributed by atoms with Crippen LogP contribution in [0, 0.1) is 0 Å². The zero-order valence-corrected chi connectivity index (χ0v) is 15.8. The Morgan fingerprint density at radius 3 is 2.50 bits per heavy atom. The van der Waals surface area contributed by atoms with Gasteiger partial charge in [0.05, 0.1) is 25.4 Å². The number of aliphatic imine (C=N–C) groups is 1. The van der Waals surface area contributed by atoms with E-state index in [1.54, 1.807) is 24.1 Å². The van der Waals surface area contributed by atoms with Gasteiger partial charge >= 0.3 is 0 Å². The molecule has 7 nitrogen and oxygen atoms in total. The van der Waals surface area contributed by atoms with Crippen LogP contribution in [0.2, 0.25) is 0 Å². The lowest BCUT2D eigenvalue weighted by molar-refractivity contribution is -0.128. The first-order chi connectivity index (χ1) is 13.6. The zero-order valence-electron chi connectivity index (χ0n) is 15.8. The van der Waals surface area contributed by atoms with Gasteiger partial charge in [-0.05, 0) is 29.8 Å². The van der Waals surface area contributed by atoms with E-state index in [4.69, 9.17) is 4.74 Å². The number of ether oxygens (including phenoxy) is 1. The average molecular weight is 378 g/mol. The summed E-state index contributed by atoms with van der Waals surface area (Å²) in [6.07, 6.45) is 0. The second-order valence-corrected chi connectivity index (χ2v) is 6.78. The van der Waals surface area contributed by atoms with E-state index in [9.17, 15) is 9.59 Å². The summed E-state index contributed by atoms with van der Waals surface area (Å²) >= 11 is 0. The smallest absolute Gasteiger partial charge is 0.258 e. The summed E-state index contributed by atoms with van der Waals surface area (Å²) in [7, 11) is 1.60. The third-order valence-electron chi connectivity index (χ3n) is 5.02. The fraction of sp³-hybridized carbons (Fsp3) is 0.286. The van der Waals surface area contributed by atoms with E-state index in [2.05, 4.69) is 15.2 Å². The molecule has 144 valence electrons. The van der Waals surface area contributed by atoms with Gasteiger partial charge in [-0.15, -0.1) is 0 Å². The number of nitrogens with zero attached hydrogens (tertiary/aromatic N) is 3. The van der Waals surface area contributed by atoms with E-state index in [1.807, 2.05) is 42.5 Å². The Morgan fingerprint density at radius 2 is 1.86 bits per heavy atom. The van der Waals surface area contributed by atoms with Gasteiger partial charge in [0.2, 0.25) is 11.9 Å². The van der Waals surface area contributed by atoms with E-state index >= 15 is 0 Å². The number of fused-ring (bicyclic) bond motifs is 1.